The third kappa shape index (κ3) is 3.47. The second kappa shape index (κ2) is 3.84. The molecule has 0 fully saturated rings. The van der Waals surface area contributed by atoms with Gasteiger partial charge < -0.3 is 0 Å². The van der Waals surface area contributed by atoms with Crippen molar-refractivity contribution in [3.05, 3.63) is 37.1 Å². The molecule has 0 aromatic heterocycles. The summed E-state index contributed by atoms with van der Waals surface area (Å²) in [6, 6.07) is 0. The molecule has 0 bridgehead atoms. The van der Waals surface area contributed by atoms with Gasteiger partial charge in [-0.15, -0.1) is 0 Å². The van der Waals surface area contributed by atoms with Crippen LogP contribution in [0.3, 0.4) is 0 Å². The summed E-state index contributed by atoms with van der Waals surface area (Å²) in [7, 11) is 0. The second-order valence-electron chi connectivity index (χ2n) is 1.77. The maximum Gasteiger partial charge on any atom is 0.0336 e. The van der Waals surface area contributed by atoms with E-state index in [2.05, 4.69) is 24.7 Å². The van der Waals surface area contributed by atoms with Crippen LogP contribution in [-0.4, -0.2) is 6.21 Å². The van der Waals surface area contributed by atoms with Gasteiger partial charge in [0, 0.05) is 12.4 Å². The summed E-state index contributed by atoms with van der Waals surface area (Å²) >= 11 is 0. The summed E-state index contributed by atoms with van der Waals surface area (Å²) in [6.45, 7) is 12.7. The molecule has 0 unspecified atom stereocenters. The minimum absolute atomic E-state index is 0.843. The predicted octanol–water partition coefficient (Wildman–Crippen LogP) is 2.33. The van der Waals surface area contributed by atoms with Crippen LogP contribution in [0.25, 0.3) is 0 Å². The van der Waals surface area contributed by atoms with Crippen molar-refractivity contribution in [1.82, 2.24) is 0 Å². The molecule has 0 amide bonds. The zero-order chi connectivity index (χ0) is 7.28. The Hall–Kier alpha value is -1.11. The maximum absolute atomic E-state index is 3.77. The SMILES string of the molecule is C=C/N=C\C(=C)C(=C)C. The van der Waals surface area contributed by atoms with Gasteiger partial charge in [0.2, 0.25) is 0 Å². The van der Waals surface area contributed by atoms with E-state index in [1.165, 1.54) is 6.20 Å². The lowest BCUT2D eigenvalue weighted by Crippen LogP contribution is -1.80. The zero-order valence-electron chi connectivity index (χ0n) is 5.72. The quantitative estimate of drug-likeness (QED) is 0.401. The van der Waals surface area contributed by atoms with Crippen LogP contribution in [-0.2, 0) is 0 Å². The average Bonchev–Trinajstić information content (AvgIpc) is 1.82. The van der Waals surface area contributed by atoms with Gasteiger partial charge in [0.25, 0.3) is 0 Å². The van der Waals surface area contributed by atoms with Crippen molar-refractivity contribution in [2.75, 3.05) is 0 Å². The fourth-order valence-electron chi connectivity index (χ4n) is 0.253. The van der Waals surface area contributed by atoms with Crippen molar-refractivity contribution in [2.24, 2.45) is 4.99 Å². The normalized spacial score (nSPS) is 9.44. The summed E-state index contributed by atoms with van der Waals surface area (Å²) in [5.74, 6) is 0. The lowest BCUT2D eigenvalue weighted by Gasteiger charge is -1.91. The minimum atomic E-state index is 0.843. The molecule has 0 aromatic carbocycles. The van der Waals surface area contributed by atoms with Crippen LogP contribution >= 0.6 is 0 Å². The summed E-state index contributed by atoms with van der Waals surface area (Å²) < 4.78 is 0. The Morgan fingerprint density at radius 2 is 2.00 bits per heavy atom. The predicted molar refractivity (Wildman–Crippen MR) is 42.6 cm³/mol. The first-order chi connectivity index (χ1) is 4.18. The first-order valence-corrected chi connectivity index (χ1v) is 2.67. The second-order valence-corrected chi connectivity index (χ2v) is 1.77. The summed E-state index contributed by atoms with van der Waals surface area (Å²) in [4.78, 5) is 3.77. The highest BCUT2D eigenvalue weighted by Gasteiger charge is 1.84. The molecular weight excluding hydrogens is 110 g/mol. The molecule has 0 rings (SSSR count). The van der Waals surface area contributed by atoms with Crippen molar-refractivity contribution in [1.29, 1.82) is 0 Å². The van der Waals surface area contributed by atoms with Crippen LogP contribution in [0.1, 0.15) is 6.92 Å². The van der Waals surface area contributed by atoms with E-state index < -0.39 is 0 Å². The Morgan fingerprint density at radius 1 is 1.44 bits per heavy atom. The van der Waals surface area contributed by atoms with Crippen LogP contribution < -0.4 is 0 Å². The summed E-state index contributed by atoms with van der Waals surface area (Å²) in [6.07, 6.45) is 3.10. The highest BCUT2D eigenvalue weighted by atomic mass is 14.7. The summed E-state index contributed by atoms with van der Waals surface area (Å²) in [5, 5.41) is 0. The molecule has 0 heterocycles. The Balaban J connectivity index is 3.92. The van der Waals surface area contributed by atoms with E-state index in [4.69, 9.17) is 0 Å². The first kappa shape index (κ1) is 7.89. The fraction of sp³-hybridized carbons (Fsp3) is 0.125. The fourth-order valence-corrected chi connectivity index (χ4v) is 0.253. The minimum Gasteiger partial charge on any atom is -0.265 e. The van der Waals surface area contributed by atoms with Crippen molar-refractivity contribution in [3.8, 4) is 0 Å². The van der Waals surface area contributed by atoms with Crippen LogP contribution in [0.4, 0.5) is 0 Å². The Morgan fingerprint density at radius 3 is 2.33 bits per heavy atom. The number of hydrogen-bond acceptors (Lipinski definition) is 1. The van der Waals surface area contributed by atoms with Gasteiger partial charge in [-0.25, -0.2) is 0 Å². The van der Waals surface area contributed by atoms with Gasteiger partial charge in [-0.05, 0) is 12.5 Å². The van der Waals surface area contributed by atoms with Crippen LogP contribution in [0.2, 0.25) is 0 Å². The molecule has 48 valence electrons. The Labute approximate surface area is 56.1 Å². The molecule has 0 aliphatic rings. The van der Waals surface area contributed by atoms with Gasteiger partial charge >= 0.3 is 0 Å². The zero-order valence-corrected chi connectivity index (χ0v) is 5.72. The van der Waals surface area contributed by atoms with Gasteiger partial charge in [-0.1, -0.05) is 25.3 Å². The molecule has 0 atom stereocenters. The van der Waals surface area contributed by atoms with Crippen LogP contribution in [0.15, 0.2) is 42.1 Å². The third-order valence-electron chi connectivity index (χ3n) is 0.884. The highest BCUT2D eigenvalue weighted by Crippen LogP contribution is 1.98. The van der Waals surface area contributed by atoms with Crippen LogP contribution in [0.5, 0.6) is 0 Å². The van der Waals surface area contributed by atoms with Crippen LogP contribution in [0, 0.1) is 0 Å². The average molecular weight is 121 g/mol. The molecule has 0 saturated carbocycles. The molecule has 0 spiro atoms. The highest BCUT2D eigenvalue weighted by molar-refractivity contribution is 5.83. The molecule has 0 N–H and O–H groups in total. The number of nitrogens with zero attached hydrogens (tertiary/aromatic N) is 1. The molecule has 0 radical (unpaired) electrons. The van der Waals surface area contributed by atoms with E-state index in [9.17, 15) is 0 Å². The Kier molecular flexibility index (Phi) is 3.37. The van der Waals surface area contributed by atoms with Gasteiger partial charge in [0.05, 0.1) is 0 Å². The van der Waals surface area contributed by atoms with E-state index in [0.29, 0.717) is 0 Å². The van der Waals surface area contributed by atoms with Gasteiger partial charge in [0.1, 0.15) is 0 Å². The molecule has 0 aliphatic carbocycles. The molecular formula is C8H11N. The first-order valence-electron chi connectivity index (χ1n) is 2.67. The monoisotopic (exact) mass is 121 g/mol. The number of aliphatic imine (C=N–C) groups is 1. The van der Waals surface area contributed by atoms with Gasteiger partial charge in [-0.3, -0.25) is 4.99 Å². The van der Waals surface area contributed by atoms with Crippen molar-refractivity contribution in [3.63, 3.8) is 0 Å². The lowest BCUT2D eigenvalue weighted by molar-refractivity contribution is 1.50. The number of rotatable bonds is 3. The van der Waals surface area contributed by atoms with Crippen molar-refractivity contribution in [2.45, 2.75) is 6.92 Å². The number of allylic oxidation sites excluding steroid dienone is 2. The molecule has 1 nitrogen and oxygen atoms in total. The maximum atomic E-state index is 3.77. The Bertz CT molecular complexity index is 163. The van der Waals surface area contributed by atoms with Crippen molar-refractivity contribution >= 4 is 6.21 Å². The smallest absolute Gasteiger partial charge is 0.0336 e. The third-order valence-corrected chi connectivity index (χ3v) is 0.884. The van der Waals surface area contributed by atoms with E-state index in [1.807, 2.05) is 6.92 Å². The molecule has 9 heavy (non-hydrogen) atoms. The summed E-state index contributed by atoms with van der Waals surface area (Å²) in [5.41, 5.74) is 1.77. The topological polar surface area (TPSA) is 12.4 Å². The van der Waals surface area contributed by atoms with Crippen molar-refractivity contribution < 1.29 is 0 Å². The molecule has 0 aromatic rings. The van der Waals surface area contributed by atoms with E-state index in [-0.39, 0.29) is 0 Å². The standard InChI is InChI=1S/C8H11N/c1-5-9-6-8(4)7(2)3/h5-6H,1-2,4H2,3H3/b9-6-. The van der Waals surface area contributed by atoms with Gasteiger partial charge in [0.15, 0.2) is 0 Å². The molecule has 0 aliphatic heterocycles. The lowest BCUT2D eigenvalue weighted by atomic mass is 10.2. The largest absolute Gasteiger partial charge is 0.265 e. The van der Waals surface area contributed by atoms with E-state index >= 15 is 0 Å². The molecule has 1 heteroatoms. The van der Waals surface area contributed by atoms with E-state index in [1.54, 1.807) is 6.21 Å². The van der Waals surface area contributed by atoms with E-state index in [0.717, 1.165) is 11.1 Å². The van der Waals surface area contributed by atoms with Gasteiger partial charge in [-0.2, -0.15) is 0 Å². The molecule has 0 saturated heterocycles. The number of hydrogen-bond donors (Lipinski definition) is 0.